The first kappa shape index (κ1) is 11.0. The molecule has 0 aliphatic carbocycles. The molecule has 0 aliphatic rings. The maximum Gasteiger partial charge on any atom is 0.129 e. The normalized spacial score (nSPS) is 11.3. The van der Waals surface area contributed by atoms with E-state index in [-0.39, 0.29) is 6.61 Å². The number of nitrogens with one attached hydrogen (secondary N) is 1. The number of allylic oxidation sites excluding steroid dienone is 1. The predicted octanol–water partition coefficient (Wildman–Crippen LogP) is 1.83. The van der Waals surface area contributed by atoms with Crippen LogP contribution in [0.1, 0.15) is 24.9 Å². The fourth-order valence-corrected chi connectivity index (χ4v) is 1.17. The Morgan fingerprint density at radius 2 is 2.21 bits per heavy atom. The Labute approximate surface area is 84.4 Å². The third-order valence-corrected chi connectivity index (χ3v) is 1.90. The highest BCUT2D eigenvalue weighted by atomic mass is 16.4. The Hall–Kier alpha value is -1.06. The third kappa shape index (κ3) is 3.77. The lowest BCUT2D eigenvalue weighted by Gasteiger charge is -1.99. The van der Waals surface area contributed by atoms with Crippen molar-refractivity contribution in [3.63, 3.8) is 0 Å². The summed E-state index contributed by atoms with van der Waals surface area (Å²) in [6, 6.07) is 3.68. The number of hydrogen-bond donors (Lipinski definition) is 2. The fourth-order valence-electron chi connectivity index (χ4n) is 1.17. The van der Waals surface area contributed by atoms with Crippen molar-refractivity contribution in [2.45, 2.75) is 26.5 Å². The maximum atomic E-state index is 8.77. The summed E-state index contributed by atoms with van der Waals surface area (Å²) in [5.41, 5.74) is 0. The van der Waals surface area contributed by atoms with Gasteiger partial charge >= 0.3 is 0 Å². The van der Waals surface area contributed by atoms with Crippen LogP contribution in [0.2, 0.25) is 0 Å². The van der Waals surface area contributed by atoms with Crippen molar-refractivity contribution in [3.05, 3.63) is 35.8 Å². The number of rotatable bonds is 6. The minimum atomic E-state index is -0.0292. The number of hydrogen-bond acceptors (Lipinski definition) is 3. The zero-order chi connectivity index (χ0) is 10.2. The monoisotopic (exact) mass is 195 g/mol. The van der Waals surface area contributed by atoms with Crippen LogP contribution in [0.3, 0.4) is 0 Å². The van der Waals surface area contributed by atoms with Gasteiger partial charge in [0, 0.05) is 0 Å². The molecule has 0 radical (unpaired) electrons. The van der Waals surface area contributed by atoms with E-state index in [4.69, 9.17) is 9.52 Å². The molecule has 1 rings (SSSR count). The van der Waals surface area contributed by atoms with E-state index in [0.29, 0.717) is 5.76 Å². The van der Waals surface area contributed by atoms with E-state index in [2.05, 4.69) is 11.4 Å². The van der Waals surface area contributed by atoms with Gasteiger partial charge in [-0.2, -0.15) is 0 Å². The lowest BCUT2D eigenvalue weighted by atomic mass is 10.3. The highest BCUT2D eigenvalue weighted by Gasteiger charge is 1.99. The summed E-state index contributed by atoms with van der Waals surface area (Å²) >= 11 is 0. The third-order valence-electron chi connectivity index (χ3n) is 1.90. The van der Waals surface area contributed by atoms with Gasteiger partial charge in [-0.3, -0.25) is 0 Å². The van der Waals surface area contributed by atoms with Crippen LogP contribution in [0.4, 0.5) is 0 Å². The second-order valence-corrected chi connectivity index (χ2v) is 3.06. The Bertz CT molecular complexity index is 279. The van der Waals surface area contributed by atoms with E-state index in [1.165, 1.54) is 0 Å². The quantitative estimate of drug-likeness (QED) is 0.537. The molecule has 14 heavy (non-hydrogen) atoms. The SMILES string of the molecule is C/C=C/CCNCc1ccc(CO)o1. The van der Waals surface area contributed by atoms with Crippen molar-refractivity contribution in [3.8, 4) is 0 Å². The molecule has 0 aromatic carbocycles. The van der Waals surface area contributed by atoms with Crippen molar-refractivity contribution in [1.29, 1.82) is 0 Å². The summed E-state index contributed by atoms with van der Waals surface area (Å²) in [4.78, 5) is 0. The van der Waals surface area contributed by atoms with Gasteiger partial charge in [-0.25, -0.2) is 0 Å². The first-order chi connectivity index (χ1) is 6.86. The number of aliphatic hydroxyl groups excluding tert-OH is 1. The zero-order valence-electron chi connectivity index (χ0n) is 8.49. The smallest absolute Gasteiger partial charge is 0.129 e. The molecule has 0 aliphatic heterocycles. The van der Waals surface area contributed by atoms with Crippen LogP contribution in [0, 0.1) is 0 Å². The van der Waals surface area contributed by atoms with E-state index >= 15 is 0 Å². The fraction of sp³-hybridized carbons (Fsp3) is 0.455. The highest BCUT2D eigenvalue weighted by Crippen LogP contribution is 2.06. The van der Waals surface area contributed by atoms with Gasteiger partial charge in [0.25, 0.3) is 0 Å². The second-order valence-electron chi connectivity index (χ2n) is 3.06. The molecule has 0 amide bonds. The molecular formula is C11H17NO2. The van der Waals surface area contributed by atoms with Crippen molar-refractivity contribution in [2.75, 3.05) is 6.54 Å². The van der Waals surface area contributed by atoms with Gasteiger partial charge < -0.3 is 14.8 Å². The van der Waals surface area contributed by atoms with Gasteiger partial charge in [0.2, 0.25) is 0 Å². The number of aliphatic hydroxyl groups is 1. The zero-order valence-corrected chi connectivity index (χ0v) is 8.49. The van der Waals surface area contributed by atoms with Gasteiger partial charge in [-0.05, 0) is 32.0 Å². The van der Waals surface area contributed by atoms with Crippen molar-refractivity contribution >= 4 is 0 Å². The molecule has 2 N–H and O–H groups in total. The lowest BCUT2D eigenvalue weighted by Crippen LogP contribution is -2.13. The summed E-state index contributed by atoms with van der Waals surface area (Å²) in [5, 5.41) is 12.0. The molecule has 78 valence electrons. The van der Waals surface area contributed by atoms with Crippen LogP contribution in [-0.4, -0.2) is 11.7 Å². The molecule has 0 unspecified atom stereocenters. The van der Waals surface area contributed by atoms with Crippen LogP contribution in [0.25, 0.3) is 0 Å². The molecule has 0 fully saturated rings. The summed E-state index contributed by atoms with van der Waals surface area (Å²) in [5.74, 6) is 1.49. The van der Waals surface area contributed by atoms with E-state index in [1.54, 1.807) is 6.07 Å². The first-order valence-electron chi connectivity index (χ1n) is 4.87. The molecule has 3 nitrogen and oxygen atoms in total. The van der Waals surface area contributed by atoms with Crippen LogP contribution < -0.4 is 5.32 Å². The average molecular weight is 195 g/mol. The topological polar surface area (TPSA) is 45.4 Å². The van der Waals surface area contributed by atoms with Crippen LogP contribution in [-0.2, 0) is 13.2 Å². The molecule has 0 bridgehead atoms. The van der Waals surface area contributed by atoms with Crippen molar-refractivity contribution in [2.24, 2.45) is 0 Å². The average Bonchev–Trinajstić information content (AvgIpc) is 2.65. The minimum Gasteiger partial charge on any atom is -0.462 e. The van der Waals surface area contributed by atoms with Gasteiger partial charge in [0.15, 0.2) is 0 Å². The predicted molar refractivity (Wildman–Crippen MR) is 55.8 cm³/mol. The molecule has 0 spiro atoms. The van der Waals surface area contributed by atoms with Crippen LogP contribution in [0.15, 0.2) is 28.7 Å². The second kappa shape index (κ2) is 6.40. The van der Waals surface area contributed by atoms with Gasteiger partial charge in [0.05, 0.1) is 6.54 Å². The van der Waals surface area contributed by atoms with Crippen LogP contribution >= 0.6 is 0 Å². The summed E-state index contributed by atoms with van der Waals surface area (Å²) in [6.07, 6.45) is 5.19. The van der Waals surface area contributed by atoms with E-state index in [0.717, 1.165) is 25.3 Å². The summed E-state index contributed by atoms with van der Waals surface area (Å²) in [7, 11) is 0. The van der Waals surface area contributed by atoms with Gasteiger partial charge in [0.1, 0.15) is 18.1 Å². The Morgan fingerprint density at radius 1 is 1.43 bits per heavy atom. The van der Waals surface area contributed by atoms with Crippen LogP contribution in [0.5, 0.6) is 0 Å². The van der Waals surface area contributed by atoms with E-state index in [9.17, 15) is 0 Å². The van der Waals surface area contributed by atoms with E-state index in [1.807, 2.05) is 19.1 Å². The Balaban J connectivity index is 2.18. The van der Waals surface area contributed by atoms with E-state index < -0.39 is 0 Å². The summed E-state index contributed by atoms with van der Waals surface area (Å²) in [6.45, 7) is 3.65. The van der Waals surface area contributed by atoms with Crippen molar-refractivity contribution in [1.82, 2.24) is 5.32 Å². The minimum absolute atomic E-state index is 0.0292. The van der Waals surface area contributed by atoms with Crippen molar-refractivity contribution < 1.29 is 9.52 Å². The molecule has 0 atom stereocenters. The maximum absolute atomic E-state index is 8.77. The molecule has 0 saturated heterocycles. The Kier molecular flexibility index (Phi) is 5.04. The Morgan fingerprint density at radius 3 is 2.86 bits per heavy atom. The molecule has 3 heteroatoms. The number of furan rings is 1. The molecule has 1 aromatic heterocycles. The standard InChI is InChI=1S/C11H17NO2/c1-2-3-4-7-12-8-10-5-6-11(9-13)14-10/h2-3,5-6,12-13H,4,7-9H2,1H3/b3-2+. The summed E-state index contributed by atoms with van der Waals surface area (Å²) < 4.78 is 5.31. The molecule has 1 heterocycles. The lowest BCUT2D eigenvalue weighted by molar-refractivity contribution is 0.243. The molecular weight excluding hydrogens is 178 g/mol. The van der Waals surface area contributed by atoms with Gasteiger partial charge in [-0.1, -0.05) is 12.2 Å². The first-order valence-corrected chi connectivity index (χ1v) is 4.87. The molecule has 1 aromatic rings. The highest BCUT2D eigenvalue weighted by molar-refractivity contribution is 5.05. The largest absolute Gasteiger partial charge is 0.462 e. The van der Waals surface area contributed by atoms with Gasteiger partial charge in [-0.15, -0.1) is 0 Å². The molecule has 0 saturated carbocycles.